The fourth-order valence-corrected chi connectivity index (χ4v) is 6.84. The van der Waals surface area contributed by atoms with E-state index in [2.05, 4.69) is 4.99 Å². The van der Waals surface area contributed by atoms with Gasteiger partial charge in [-0.25, -0.2) is 8.42 Å². The number of hydrogen-bond acceptors (Lipinski definition) is 4. The lowest BCUT2D eigenvalue weighted by atomic mass is 10.1. The molecule has 2 saturated heterocycles. The monoisotopic (exact) mass is 406 g/mol. The Hall–Kier alpha value is -1.55. The van der Waals surface area contributed by atoms with Crippen molar-refractivity contribution in [3.63, 3.8) is 0 Å². The average Bonchev–Trinajstić information content (AvgIpc) is 2.97. The third kappa shape index (κ3) is 3.75. The second-order valence-corrected chi connectivity index (χ2v) is 9.97. The van der Waals surface area contributed by atoms with E-state index < -0.39 is 33.5 Å². The number of halogens is 3. The van der Waals surface area contributed by atoms with Crippen molar-refractivity contribution >= 4 is 38.4 Å². The molecule has 0 saturated carbocycles. The zero-order valence-corrected chi connectivity index (χ0v) is 15.7. The van der Waals surface area contributed by atoms with E-state index in [9.17, 15) is 26.4 Å². The molecule has 2 aliphatic rings. The van der Waals surface area contributed by atoms with Gasteiger partial charge in [0, 0.05) is 16.9 Å². The number of amidine groups is 1. The molecule has 142 valence electrons. The van der Waals surface area contributed by atoms with Crippen molar-refractivity contribution in [2.24, 2.45) is 10.9 Å². The number of rotatable bonds is 2. The lowest BCUT2D eigenvalue weighted by Gasteiger charge is -2.25. The molecule has 2 fully saturated rings. The van der Waals surface area contributed by atoms with Gasteiger partial charge >= 0.3 is 6.18 Å². The van der Waals surface area contributed by atoms with E-state index in [1.165, 1.54) is 17.0 Å². The van der Waals surface area contributed by atoms with E-state index in [4.69, 9.17) is 0 Å². The number of carbonyl (C=O) groups excluding carboxylic acids is 1. The Morgan fingerprint density at radius 3 is 2.62 bits per heavy atom. The Morgan fingerprint density at radius 1 is 1.31 bits per heavy atom. The van der Waals surface area contributed by atoms with Crippen LogP contribution in [0.25, 0.3) is 0 Å². The van der Waals surface area contributed by atoms with Crippen molar-refractivity contribution in [2.45, 2.75) is 31.3 Å². The van der Waals surface area contributed by atoms with Crippen molar-refractivity contribution in [2.75, 3.05) is 16.4 Å². The maximum Gasteiger partial charge on any atom is 0.416 e. The predicted molar refractivity (Wildman–Crippen MR) is 95.0 cm³/mol. The van der Waals surface area contributed by atoms with E-state index in [1.54, 1.807) is 13.8 Å². The van der Waals surface area contributed by atoms with Crippen LogP contribution in [0.1, 0.15) is 19.4 Å². The van der Waals surface area contributed by atoms with Gasteiger partial charge in [-0.15, -0.1) is 0 Å². The highest BCUT2D eigenvalue weighted by atomic mass is 32.2. The van der Waals surface area contributed by atoms with Crippen LogP contribution < -0.4 is 4.90 Å². The fraction of sp³-hybridized carbons (Fsp3) is 0.500. The minimum absolute atomic E-state index is 0.0767. The third-order valence-corrected chi connectivity index (χ3v) is 7.43. The van der Waals surface area contributed by atoms with Gasteiger partial charge in [-0.2, -0.15) is 18.2 Å². The summed E-state index contributed by atoms with van der Waals surface area (Å²) in [6.07, 6.45) is -4.52. The molecule has 0 aliphatic carbocycles. The van der Waals surface area contributed by atoms with Crippen LogP contribution in [-0.4, -0.2) is 42.3 Å². The van der Waals surface area contributed by atoms with Crippen molar-refractivity contribution < 1.29 is 26.4 Å². The fourth-order valence-electron chi connectivity index (χ4n) is 2.92. The molecule has 1 aromatic carbocycles. The molecule has 10 heteroatoms. The Labute approximate surface area is 153 Å². The van der Waals surface area contributed by atoms with Gasteiger partial charge in [0.1, 0.15) is 0 Å². The molecule has 2 aliphatic heterocycles. The number of thioether (sulfide) groups is 1. The molecule has 26 heavy (non-hydrogen) atoms. The first kappa shape index (κ1) is 19.2. The molecule has 1 amide bonds. The number of carbonyl (C=O) groups is 1. The summed E-state index contributed by atoms with van der Waals surface area (Å²) in [6.45, 7) is 3.35. The summed E-state index contributed by atoms with van der Waals surface area (Å²) in [6, 6.07) is 4.11. The largest absolute Gasteiger partial charge is 0.416 e. The van der Waals surface area contributed by atoms with Gasteiger partial charge in [0.25, 0.3) is 5.91 Å². The van der Waals surface area contributed by atoms with Gasteiger partial charge in [-0.1, -0.05) is 31.7 Å². The third-order valence-electron chi connectivity index (χ3n) is 4.22. The number of amides is 1. The van der Waals surface area contributed by atoms with Crippen LogP contribution in [0.3, 0.4) is 0 Å². The predicted octanol–water partition coefficient (Wildman–Crippen LogP) is 2.96. The molecule has 3 rings (SSSR count). The van der Waals surface area contributed by atoms with Gasteiger partial charge in [0.2, 0.25) is 0 Å². The van der Waals surface area contributed by atoms with Gasteiger partial charge < -0.3 is 4.90 Å². The second kappa shape index (κ2) is 6.56. The van der Waals surface area contributed by atoms with Crippen molar-refractivity contribution in [1.82, 2.24) is 0 Å². The van der Waals surface area contributed by atoms with Gasteiger partial charge in [0.05, 0.1) is 23.1 Å². The van der Waals surface area contributed by atoms with Crippen molar-refractivity contribution in [3.8, 4) is 0 Å². The van der Waals surface area contributed by atoms with Crippen LogP contribution >= 0.6 is 11.8 Å². The standard InChI is InChI=1S/C16H17F3N2O3S2/c1-9(2)14(22)20-15-21(12-7-26(23,24)8-13(12)25-15)11-5-3-4-10(6-11)16(17,18)19/h3-6,9,12-13H,7-8H2,1-2H3. The quantitative estimate of drug-likeness (QED) is 0.756. The first-order valence-corrected chi connectivity index (χ1v) is 10.6. The molecule has 0 bridgehead atoms. The van der Waals surface area contributed by atoms with E-state index in [-0.39, 0.29) is 33.5 Å². The first-order chi connectivity index (χ1) is 12.0. The van der Waals surface area contributed by atoms with Crippen LogP contribution in [0.5, 0.6) is 0 Å². The van der Waals surface area contributed by atoms with Crippen molar-refractivity contribution in [1.29, 1.82) is 0 Å². The van der Waals surface area contributed by atoms with Crippen LogP contribution in [-0.2, 0) is 20.8 Å². The SMILES string of the molecule is CC(C)C(=O)N=C1SC2CS(=O)(=O)CC2N1c1cccc(C(F)(F)F)c1. The number of hydrogen-bond donors (Lipinski definition) is 0. The number of sulfone groups is 1. The summed E-state index contributed by atoms with van der Waals surface area (Å²) in [5.74, 6) is -1.01. The number of aliphatic imine (C=N–C) groups is 1. The summed E-state index contributed by atoms with van der Waals surface area (Å²) < 4.78 is 63.1. The van der Waals surface area contributed by atoms with E-state index in [1.807, 2.05) is 0 Å². The van der Waals surface area contributed by atoms with E-state index in [0.29, 0.717) is 0 Å². The molecule has 0 aromatic heterocycles. The highest BCUT2D eigenvalue weighted by Crippen LogP contribution is 2.42. The van der Waals surface area contributed by atoms with Crippen molar-refractivity contribution in [3.05, 3.63) is 29.8 Å². The minimum Gasteiger partial charge on any atom is -0.316 e. The summed E-state index contributed by atoms with van der Waals surface area (Å²) in [4.78, 5) is 17.5. The Balaban J connectivity index is 2.05. The number of nitrogens with zero attached hydrogens (tertiary/aromatic N) is 2. The number of benzene rings is 1. The van der Waals surface area contributed by atoms with Gasteiger partial charge in [-0.05, 0) is 18.2 Å². The second-order valence-electron chi connectivity index (χ2n) is 6.61. The molecular weight excluding hydrogens is 389 g/mol. The Morgan fingerprint density at radius 2 is 2.00 bits per heavy atom. The van der Waals surface area contributed by atoms with Gasteiger partial charge in [0.15, 0.2) is 15.0 Å². The topological polar surface area (TPSA) is 66.8 Å². The molecule has 2 atom stereocenters. The minimum atomic E-state index is -4.52. The molecular formula is C16H17F3N2O3S2. The summed E-state index contributed by atoms with van der Waals surface area (Å²) >= 11 is 1.14. The van der Waals surface area contributed by atoms with Crippen LogP contribution in [0.2, 0.25) is 0 Å². The van der Waals surface area contributed by atoms with Gasteiger partial charge in [-0.3, -0.25) is 4.79 Å². The first-order valence-electron chi connectivity index (χ1n) is 7.94. The summed E-state index contributed by atoms with van der Waals surface area (Å²) in [5, 5.41) is -0.0961. The number of fused-ring (bicyclic) bond motifs is 1. The molecule has 5 nitrogen and oxygen atoms in total. The molecule has 2 heterocycles. The molecule has 0 radical (unpaired) electrons. The maximum atomic E-state index is 13.1. The van der Waals surface area contributed by atoms with E-state index >= 15 is 0 Å². The highest BCUT2D eigenvalue weighted by molar-refractivity contribution is 8.16. The smallest absolute Gasteiger partial charge is 0.316 e. The molecule has 0 spiro atoms. The van der Waals surface area contributed by atoms with Crippen LogP contribution in [0, 0.1) is 5.92 Å². The molecule has 1 aromatic rings. The summed E-state index contributed by atoms with van der Waals surface area (Å²) in [5.41, 5.74) is -0.647. The number of alkyl halides is 3. The zero-order valence-electron chi connectivity index (χ0n) is 14.0. The Kier molecular flexibility index (Phi) is 4.85. The Bertz CT molecular complexity index is 866. The lowest BCUT2D eigenvalue weighted by molar-refractivity contribution is -0.137. The van der Waals surface area contributed by atoms with Crippen LogP contribution in [0.4, 0.5) is 18.9 Å². The van der Waals surface area contributed by atoms with E-state index in [0.717, 1.165) is 23.9 Å². The normalized spacial score (nSPS) is 26.5. The maximum absolute atomic E-state index is 13.1. The lowest BCUT2D eigenvalue weighted by Crippen LogP contribution is -2.38. The zero-order chi connectivity index (χ0) is 19.3. The average molecular weight is 406 g/mol. The number of anilines is 1. The summed E-state index contributed by atoms with van der Waals surface area (Å²) in [7, 11) is -3.28. The highest BCUT2D eigenvalue weighted by Gasteiger charge is 2.49. The molecule has 0 N–H and O–H groups in total. The van der Waals surface area contributed by atoms with Crippen LogP contribution in [0.15, 0.2) is 29.3 Å². The molecule has 2 unspecified atom stereocenters.